The number of carbonyl (C=O) groups excluding carboxylic acids is 2. The lowest BCUT2D eigenvalue weighted by molar-refractivity contribution is -0.131. The van der Waals surface area contributed by atoms with Crippen LogP contribution in [0.1, 0.15) is 12.0 Å². The summed E-state index contributed by atoms with van der Waals surface area (Å²) < 4.78 is 5.84. The molecule has 2 aromatic carbocycles. The molecule has 0 unspecified atom stereocenters. The van der Waals surface area contributed by atoms with Gasteiger partial charge in [-0.05, 0) is 48.4 Å². The molecule has 2 aromatic rings. The van der Waals surface area contributed by atoms with Crippen LogP contribution in [0.15, 0.2) is 36.4 Å². The number of rotatable bonds is 5. The number of anilines is 2. The molecule has 0 aliphatic carbocycles. The number of nitrogens with one attached hydrogen (secondary N) is 1. The summed E-state index contributed by atoms with van der Waals surface area (Å²) in [4.78, 5) is 27.8. The second-order valence-corrected chi connectivity index (χ2v) is 7.93. The van der Waals surface area contributed by atoms with Crippen LogP contribution in [0.4, 0.5) is 11.4 Å². The lowest BCUT2D eigenvalue weighted by Gasteiger charge is -2.35. The van der Waals surface area contributed by atoms with Gasteiger partial charge in [0.05, 0.1) is 23.1 Å². The van der Waals surface area contributed by atoms with Crippen molar-refractivity contribution in [1.82, 2.24) is 4.90 Å². The van der Waals surface area contributed by atoms with Crippen LogP contribution in [0.25, 0.3) is 0 Å². The zero-order chi connectivity index (χ0) is 20.4. The van der Waals surface area contributed by atoms with Gasteiger partial charge in [0.15, 0.2) is 0 Å². The molecule has 29 heavy (non-hydrogen) atoms. The van der Waals surface area contributed by atoms with Crippen molar-refractivity contribution >= 4 is 46.4 Å². The molecule has 0 atom stereocenters. The van der Waals surface area contributed by atoms with Crippen LogP contribution in [0.5, 0.6) is 5.75 Å². The minimum atomic E-state index is 0.0460. The molecule has 0 radical (unpaired) electrons. The highest BCUT2D eigenvalue weighted by Gasteiger charge is 2.24. The van der Waals surface area contributed by atoms with E-state index in [1.807, 2.05) is 34.1 Å². The Hall–Kier alpha value is -2.44. The van der Waals surface area contributed by atoms with Gasteiger partial charge in [-0.2, -0.15) is 0 Å². The van der Waals surface area contributed by atoms with Crippen LogP contribution in [-0.2, 0) is 16.0 Å². The summed E-state index contributed by atoms with van der Waals surface area (Å²) in [6.07, 6.45) is 1.21. The van der Waals surface area contributed by atoms with Gasteiger partial charge < -0.3 is 19.9 Å². The van der Waals surface area contributed by atoms with Crippen LogP contribution in [0.2, 0.25) is 10.0 Å². The predicted molar refractivity (Wildman–Crippen MR) is 114 cm³/mol. The first-order chi connectivity index (χ1) is 14.0. The third kappa shape index (κ3) is 4.60. The summed E-state index contributed by atoms with van der Waals surface area (Å²) in [7, 11) is 0. The van der Waals surface area contributed by atoms with E-state index in [2.05, 4.69) is 5.32 Å². The largest absolute Gasteiger partial charge is 0.492 e. The van der Waals surface area contributed by atoms with Gasteiger partial charge in [-0.1, -0.05) is 23.2 Å². The summed E-state index contributed by atoms with van der Waals surface area (Å²) in [6.45, 7) is 2.60. The molecule has 2 aliphatic rings. The monoisotopic (exact) mass is 433 g/mol. The molecule has 0 bridgehead atoms. The first-order valence-corrected chi connectivity index (χ1v) is 10.3. The normalized spacial score (nSPS) is 16.5. The van der Waals surface area contributed by atoms with Crippen molar-refractivity contribution in [2.45, 2.75) is 12.8 Å². The third-order valence-corrected chi connectivity index (χ3v) is 5.93. The zero-order valence-corrected chi connectivity index (χ0v) is 17.3. The van der Waals surface area contributed by atoms with Crippen molar-refractivity contribution in [2.24, 2.45) is 0 Å². The molecule has 152 valence electrons. The number of carbonyl (C=O) groups is 2. The van der Waals surface area contributed by atoms with Crippen LogP contribution in [-0.4, -0.2) is 49.5 Å². The summed E-state index contributed by atoms with van der Waals surface area (Å²) >= 11 is 12.1. The van der Waals surface area contributed by atoms with E-state index in [1.165, 1.54) is 0 Å². The fourth-order valence-corrected chi connectivity index (χ4v) is 3.86. The van der Waals surface area contributed by atoms with E-state index in [0.717, 1.165) is 29.2 Å². The van der Waals surface area contributed by atoms with Gasteiger partial charge in [0.25, 0.3) is 0 Å². The van der Waals surface area contributed by atoms with Gasteiger partial charge in [-0.25, -0.2) is 0 Å². The summed E-state index contributed by atoms with van der Waals surface area (Å²) in [5, 5.41) is 3.84. The van der Waals surface area contributed by atoms with Crippen LogP contribution in [0, 0.1) is 0 Å². The number of hydrogen-bond acceptors (Lipinski definition) is 4. The number of piperazine rings is 1. The van der Waals surface area contributed by atoms with Gasteiger partial charge in [-0.15, -0.1) is 0 Å². The molecule has 1 saturated heterocycles. The number of ether oxygens (including phenoxy) is 1. The highest BCUT2D eigenvalue weighted by atomic mass is 35.5. The van der Waals surface area contributed by atoms with E-state index in [-0.39, 0.29) is 11.8 Å². The first-order valence-electron chi connectivity index (χ1n) is 9.53. The number of fused-ring (bicyclic) bond motifs is 1. The molecule has 1 fully saturated rings. The quantitative estimate of drug-likeness (QED) is 0.781. The number of nitrogens with zero attached hydrogens (tertiary/aromatic N) is 2. The molecule has 0 spiro atoms. The van der Waals surface area contributed by atoms with E-state index in [9.17, 15) is 9.59 Å². The lowest BCUT2D eigenvalue weighted by atomic mass is 10.0. The van der Waals surface area contributed by atoms with E-state index in [4.69, 9.17) is 27.9 Å². The maximum Gasteiger partial charge on any atom is 0.242 e. The maximum atomic E-state index is 12.5. The minimum Gasteiger partial charge on any atom is -0.492 e. The second-order valence-electron chi connectivity index (χ2n) is 7.12. The molecular formula is C21H21Cl2N3O3. The molecule has 2 heterocycles. The molecule has 0 saturated carbocycles. The Bertz CT molecular complexity index is 951. The number of halogens is 2. The van der Waals surface area contributed by atoms with Crippen molar-refractivity contribution in [3.8, 4) is 5.75 Å². The van der Waals surface area contributed by atoms with Crippen molar-refractivity contribution in [1.29, 1.82) is 0 Å². The molecule has 4 rings (SSSR count). The van der Waals surface area contributed by atoms with Crippen molar-refractivity contribution < 1.29 is 14.3 Å². The number of amides is 2. The first kappa shape index (κ1) is 19.9. The Morgan fingerprint density at radius 1 is 1.00 bits per heavy atom. The number of hydrogen-bond donors (Lipinski definition) is 1. The predicted octanol–water partition coefficient (Wildman–Crippen LogP) is 3.61. The topological polar surface area (TPSA) is 61.9 Å². The molecule has 0 aromatic heterocycles. The average molecular weight is 434 g/mol. The Morgan fingerprint density at radius 2 is 1.86 bits per heavy atom. The Labute approximate surface area is 179 Å². The van der Waals surface area contributed by atoms with Crippen molar-refractivity contribution in [3.05, 3.63) is 52.0 Å². The van der Waals surface area contributed by atoms with E-state index < -0.39 is 0 Å². The number of benzene rings is 2. The van der Waals surface area contributed by atoms with Crippen LogP contribution >= 0.6 is 23.2 Å². The lowest BCUT2D eigenvalue weighted by Crippen LogP contribution is -2.51. The maximum absolute atomic E-state index is 12.5. The fraction of sp³-hybridized carbons (Fsp3) is 0.333. The minimum absolute atomic E-state index is 0.0460. The van der Waals surface area contributed by atoms with Gasteiger partial charge >= 0.3 is 0 Å². The van der Waals surface area contributed by atoms with Gasteiger partial charge in [0, 0.05) is 30.9 Å². The Morgan fingerprint density at radius 3 is 2.66 bits per heavy atom. The average Bonchev–Trinajstić information content (AvgIpc) is 2.71. The summed E-state index contributed by atoms with van der Waals surface area (Å²) in [5.74, 6) is 0.852. The van der Waals surface area contributed by atoms with Gasteiger partial charge in [0.2, 0.25) is 11.8 Å². The highest BCUT2D eigenvalue weighted by molar-refractivity contribution is 6.42. The summed E-state index contributed by atoms with van der Waals surface area (Å²) in [6, 6.07) is 11.1. The highest BCUT2D eigenvalue weighted by Crippen LogP contribution is 2.28. The van der Waals surface area contributed by atoms with Crippen LogP contribution < -0.4 is 15.0 Å². The fourth-order valence-electron chi connectivity index (χ4n) is 3.57. The molecule has 1 N–H and O–H groups in total. The van der Waals surface area contributed by atoms with Gasteiger partial charge in [0.1, 0.15) is 12.4 Å². The molecule has 2 aliphatic heterocycles. The Balaban J connectivity index is 1.28. The summed E-state index contributed by atoms with van der Waals surface area (Å²) in [5.41, 5.74) is 2.82. The standard InChI is InChI=1S/C21H21Cl2N3O3/c22-17-4-2-15(12-18(17)23)26-8-7-25(21(28)13-26)9-10-29-16-3-5-19-14(11-16)1-6-20(27)24-19/h2-5,11-12H,1,6-10,13H2,(H,24,27). The SMILES string of the molecule is O=C1CCc2cc(OCCN3CCN(c4ccc(Cl)c(Cl)c4)CC3=O)ccc2N1. The van der Waals surface area contributed by atoms with E-state index in [1.54, 1.807) is 12.1 Å². The van der Waals surface area contributed by atoms with Gasteiger partial charge in [-0.3, -0.25) is 9.59 Å². The second kappa shape index (κ2) is 8.51. The smallest absolute Gasteiger partial charge is 0.242 e. The molecular weight excluding hydrogens is 413 g/mol. The van der Waals surface area contributed by atoms with Crippen molar-refractivity contribution in [3.63, 3.8) is 0 Å². The van der Waals surface area contributed by atoms with E-state index >= 15 is 0 Å². The zero-order valence-electron chi connectivity index (χ0n) is 15.8. The Kier molecular flexibility index (Phi) is 5.83. The van der Waals surface area contributed by atoms with E-state index in [0.29, 0.717) is 49.1 Å². The molecule has 6 nitrogen and oxygen atoms in total. The molecule has 8 heteroatoms. The van der Waals surface area contributed by atoms with Crippen molar-refractivity contribution in [2.75, 3.05) is 43.0 Å². The van der Waals surface area contributed by atoms with Crippen LogP contribution in [0.3, 0.4) is 0 Å². The molecule has 2 amide bonds. The third-order valence-electron chi connectivity index (χ3n) is 5.19. The number of aryl methyl sites for hydroxylation is 1.